The second-order valence-corrected chi connectivity index (χ2v) is 9.29. The summed E-state index contributed by atoms with van der Waals surface area (Å²) in [6.07, 6.45) is 11.0. The predicted molar refractivity (Wildman–Crippen MR) is 106 cm³/mol. The molecule has 28 heavy (non-hydrogen) atoms. The lowest BCUT2D eigenvalue weighted by molar-refractivity contribution is -0.00940. The lowest BCUT2D eigenvalue weighted by Gasteiger charge is -2.56. The minimum atomic E-state index is -0.344. The Morgan fingerprint density at radius 1 is 1.07 bits per heavy atom. The zero-order valence-electron chi connectivity index (χ0n) is 16.0. The molecule has 3 heterocycles. The maximum Gasteiger partial charge on any atom is 0.142 e. The van der Waals surface area contributed by atoms with E-state index < -0.39 is 0 Å². The Hall–Kier alpha value is -2.50. The van der Waals surface area contributed by atoms with Gasteiger partial charge in [0.2, 0.25) is 0 Å². The normalized spacial score (nSPS) is 30.9. The number of anilines is 2. The van der Waals surface area contributed by atoms with Crippen LogP contribution in [0.4, 0.5) is 15.9 Å². The third-order valence-corrected chi connectivity index (χ3v) is 7.13. The van der Waals surface area contributed by atoms with Gasteiger partial charge < -0.3 is 10.3 Å². The Bertz CT molecular complexity index is 1040. The average molecular weight is 377 g/mol. The second-order valence-electron chi connectivity index (χ2n) is 9.29. The van der Waals surface area contributed by atoms with Crippen molar-refractivity contribution in [2.24, 2.45) is 17.8 Å². The number of rotatable bonds is 3. The number of nitrogens with zero attached hydrogens (tertiary/aromatic N) is 3. The van der Waals surface area contributed by atoms with Crippen LogP contribution in [-0.2, 0) is 5.41 Å². The van der Waals surface area contributed by atoms with Crippen molar-refractivity contribution >= 4 is 22.5 Å². The molecular formula is C22H24FN5. The molecule has 0 spiro atoms. The Morgan fingerprint density at radius 3 is 2.50 bits per heavy atom. The summed E-state index contributed by atoms with van der Waals surface area (Å²) in [6, 6.07) is 3.46. The summed E-state index contributed by atoms with van der Waals surface area (Å²) < 4.78 is 13.7. The van der Waals surface area contributed by atoms with Gasteiger partial charge in [0.05, 0.1) is 11.9 Å². The highest BCUT2D eigenvalue weighted by atomic mass is 19.1. The third-order valence-electron chi connectivity index (χ3n) is 7.13. The Kier molecular flexibility index (Phi) is 3.38. The molecule has 0 atom stereocenters. The molecule has 5 nitrogen and oxygen atoms in total. The molecular weight excluding hydrogens is 353 g/mol. The second kappa shape index (κ2) is 5.75. The summed E-state index contributed by atoms with van der Waals surface area (Å²) in [5.41, 5.74) is 2.59. The molecule has 0 aromatic carbocycles. The summed E-state index contributed by atoms with van der Waals surface area (Å²) >= 11 is 0. The minimum Gasteiger partial charge on any atom is -0.344 e. The van der Waals surface area contributed by atoms with Crippen molar-refractivity contribution in [1.82, 2.24) is 19.9 Å². The fourth-order valence-electron chi connectivity index (χ4n) is 6.47. The van der Waals surface area contributed by atoms with Crippen LogP contribution in [0.15, 0.2) is 24.5 Å². The van der Waals surface area contributed by atoms with Crippen LogP contribution in [0, 0.1) is 30.5 Å². The number of aryl methyl sites for hydroxylation is 1. The standard InChI is InChI=1S/C22H24FN5/c1-12-2-19(27-18-11-25-20-17(18)6-16(23)10-24-20)28-21(26-12)22-7-13-3-14(8-22)5-15(4-13)9-22/h2,6,10-11,13-15H,3-5,7-9H2,1H3,(H,24,25)(H,26,27,28). The lowest BCUT2D eigenvalue weighted by Crippen LogP contribution is -2.49. The number of pyridine rings is 1. The number of hydrogen-bond donors (Lipinski definition) is 2. The van der Waals surface area contributed by atoms with Gasteiger partial charge in [-0.3, -0.25) is 0 Å². The monoisotopic (exact) mass is 377 g/mol. The number of fused-ring (bicyclic) bond motifs is 1. The molecule has 4 bridgehead atoms. The van der Waals surface area contributed by atoms with Crippen molar-refractivity contribution in [1.29, 1.82) is 0 Å². The molecule has 4 aliphatic carbocycles. The molecule has 6 heteroatoms. The molecule has 2 N–H and O–H groups in total. The fourth-order valence-corrected chi connectivity index (χ4v) is 6.47. The van der Waals surface area contributed by atoms with E-state index in [4.69, 9.17) is 9.97 Å². The molecule has 0 amide bonds. The maximum absolute atomic E-state index is 13.7. The fraction of sp³-hybridized carbons (Fsp3) is 0.500. The van der Waals surface area contributed by atoms with Crippen LogP contribution < -0.4 is 5.32 Å². The smallest absolute Gasteiger partial charge is 0.142 e. The summed E-state index contributed by atoms with van der Waals surface area (Å²) in [7, 11) is 0. The SMILES string of the molecule is Cc1cc(Nc2c[nH]c3ncc(F)cc23)nc(C23CC4CC(CC(C4)C2)C3)n1. The number of nitrogens with one attached hydrogen (secondary N) is 2. The van der Waals surface area contributed by atoms with Gasteiger partial charge in [-0.15, -0.1) is 0 Å². The molecule has 0 unspecified atom stereocenters. The predicted octanol–water partition coefficient (Wildman–Crippen LogP) is 5.01. The van der Waals surface area contributed by atoms with E-state index in [0.717, 1.165) is 46.2 Å². The topological polar surface area (TPSA) is 66.5 Å². The number of H-pyrrole nitrogens is 1. The van der Waals surface area contributed by atoms with Gasteiger partial charge in [-0.25, -0.2) is 19.3 Å². The number of hydrogen-bond acceptors (Lipinski definition) is 4. The number of aromatic nitrogens is 4. The summed E-state index contributed by atoms with van der Waals surface area (Å²) in [4.78, 5) is 17.1. The van der Waals surface area contributed by atoms with E-state index in [1.54, 1.807) is 0 Å². The van der Waals surface area contributed by atoms with E-state index in [0.29, 0.717) is 5.65 Å². The highest BCUT2D eigenvalue weighted by Crippen LogP contribution is 2.60. The summed E-state index contributed by atoms with van der Waals surface area (Å²) in [5.74, 6) is 4.02. The number of halogens is 1. The first-order valence-corrected chi connectivity index (χ1v) is 10.3. The molecule has 3 aromatic rings. The van der Waals surface area contributed by atoms with Gasteiger partial charge >= 0.3 is 0 Å². The van der Waals surface area contributed by atoms with Crippen LogP contribution in [0.2, 0.25) is 0 Å². The Balaban J connectivity index is 1.38. The minimum absolute atomic E-state index is 0.158. The van der Waals surface area contributed by atoms with Gasteiger partial charge in [-0.1, -0.05) is 0 Å². The molecule has 0 radical (unpaired) electrons. The maximum atomic E-state index is 13.7. The molecule has 0 aliphatic heterocycles. The molecule has 3 aromatic heterocycles. The van der Waals surface area contributed by atoms with E-state index in [1.165, 1.54) is 50.8 Å². The van der Waals surface area contributed by atoms with Gasteiger partial charge in [0.1, 0.15) is 23.1 Å². The quantitative estimate of drug-likeness (QED) is 0.673. The van der Waals surface area contributed by atoms with Gasteiger partial charge in [-0.2, -0.15) is 0 Å². The van der Waals surface area contributed by atoms with Crippen molar-refractivity contribution in [3.8, 4) is 0 Å². The first-order chi connectivity index (χ1) is 13.6. The van der Waals surface area contributed by atoms with Crippen LogP contribution in [0.25, 0.3) is 11.0 Å². The van der Waals surface area contributed by atoms with Crippen molar-refractivity contribution < 1.29 is 4.39 Å². The van der Waals surface area contributed by atoms with Gasteiger partial charge in [0, 0.05) is 28.8 Å². The third kappa shape index (κ3) is 2.54. The zero-order valence-corrected chi connectivity index (χ0v) is 16.0. The summed E-state index contributed by atoms with van der Waals surface area (Å²) in [6.45, 7) is 2.04. The lowest BCUT2D eigenvalue weighted by atomic mass is 9.49. The first-order valence-electron chi connectivity index (χ1n) is 10.3. The zero-order chi connectivity index (χ0) is 18.9. The van der Waals surface area contributed by atoms with E-state index in [2.05, 4.69) is 15.3 Å². The van der Waals surface area contributed by atoms with Crippen LogP contribution in [-0.4, -0.2) is 19.9 Å². The molecule has 4 saturated carbocycles. The molecule has 144 valence electrons. The Labute approximate surface area is 163 Å². The van der Waals surface area contributed by atoms with Crippen LogP contribution in [0.5, 0.6) is 0 Å². The molecule has 4 fully saturated rings. The highest BCUT2D eigenvalue weighted by Gasteiger charge is 2.53. The van der Waals surface area contributed by atoms with E-state index in [-0.39, 0.29) is 11.2 Å². The van der Waals surface area contributed by atoms with Crippen LogP contribution in [0.3, 0.4) is 0 Å². The number of aromatic amines is 1. The Morgan fingerprint density at radius 2 is 1.79 bits per heavy atom. The van der Waals surface area contributed by atoms with Gasteiger partial charge in [-0.05, 0) is 69.3 Å². The van der Waals surface area contributed by atoms with Crippen molar-refractivity contribution in [3.63, 3.8) is 0 Å². The van der Waals surface area contributed by atoms with Crippen LogP contribution >= 0.6 is 0 Å². The van der Waals surface area contributed by atoms with E-state index >= 15 is 0 Å². The largest absolute Gasteiger partial charge is 0.344 e. The molecule has 4 aliphatic rings. The van der Waals surface area contributed by atoms with E-state index in [1.807, 2.05) is 19.2 Å². The van der Waals surface area contributed by atoms with Crippen molar-refractivity contribution in [3.05, 3.63) is 41.9 Å². The first kappa shape index (κ1) is 16.5. The van der Waals surface area contributed by atoms with Gasteiger partial charge in [0.15, 0.2) is 0 Å². The van der Waals surface area contributed by atoms with Gasteiger partial charge in [0.25, 0.3) is 0 Å². The van der Waals surface area contributed by atoms with Crippen molar-refractivity contribution in [2.75, 3.05) is 5.32 Å². The molecule has 0 saturated heterocycles. The average Bonchev–Trinajstić information content (AvgIpc) is 3.02. The van der Waals surface area contributed by atoms with Crippen LogP contribution in [0.1, 0.15) is 50.0 Å². The van der Waals surface area contributed by atoms with E-state index in [9.17, 15) is 4.39 Å². The summed E-state index contributed by atoms with van der Waals surface area (Å²) in [5, 5.41) is 4.11. The molecule has 7 rings (SSSR count). The highest BCUT2D eigenvalue weighted by molar-refractivity contribution is 5.91. The van der Waals surface area contributed by atoms with Crippen molar-refractivity contribution in [2.45, 2.75) is 50.9 Å².